The normalized spacial score (nSPS) is 21.4. The second-order valence-corrected chi connectivity index (χ2v) is 8.26. The van der Waals surface area contributed by atoms with Crippen molar-refractivity contribution < 1.29 is 13.2 Å². The maximum atomic E-state index is 12.7. The molecule has 0 aromatic heterocycles. The fourth-order valence-electron chi connectivity index (χ4n) is 3.77. The summed E-state index contributed by atoms with van der Waals surface area (Å²) in [4.78, 5) is 9.02. The lowest BCUT2D eigenvalue weighted by molar-refractivity contribution is -0.137. The van der Waals surface area contributed by atoms with E-state index in [-0.39, 0.29) is 30.0 Å². The second kappa shape index (κ2) is 11.0. The molecule has 9 heteroatoms. The molecule has 1 aliphatic heterocycles. The number of hydrogen-bond acceptors (Lipinski definition) is 3. The number of nitrogens with one attached hydrogen (secondary N) is 2. The Morgan fingerprint density at radius 1 is 1.23 bits per heavy atom. The van der Waals surface area contributed by atoms with Gasteiger partial charge in [0.25, 0.3) is 0 Å². The minimum atomic E-state index is -4.28. The Hall–Kier alpha value is -1.07. The molecule has 0 radical (unpaired) electrons. The van der Waals surface area contributed by atoms with Gasteiger partial charge in [0.1, 0.15) is 0 Å². The number of hydrogen-bond donors (Lipinski definition) is 2. The van der Waals surface area contributed by atoms with Gasteiger partial charge >= 0.3 is 6.18 Å². The third-order valence-corrected chi connectivity index (χ3v) is 5.91. The molecule has 5 nitrogen and oxygen atoms in total. The molecule has 1 heterocycles. The van der Waals surface area contributed by atoms with Crippen molar-refractivity contribution in [2.24, 2.45) is 4.99 Å². The van der Waals surface area contributed by atoms with Crippen molar-refractivity contribution in [3.8, 4) is 0 Å². The van der Waals surface area contributed by atoms with Gasteiger partial charge in [0, 0.05) is 51.4 Å². The Bertz CT molecular complexity index is 691. The topological polar surface area (TPSA) is 42.9 Å². The number of halogens is 4. The van der Waals surface area contributed by atoms with Crippen molar-refractivity contribution in [3.63, 3.8) is 0 Å². The average Bonchev–Trinajstić information content (AvgIpc) is 3.45. The Morgan fingerprint density at radius 3 is 2.47 bits per heavy atom. The van der Waals surface area contributed by atoms with Crippen LogP contribution >= 0.6 is 24.0 Å². The molecular weight excluding hydrogens is 506 g/mol. The van der Waals surface area contributed by atoms with Gasteiger partial charge in [-0.15, -0.1) is 24.0 Å². The van der Waals surface area contributed by atoms with Gasteiger partial charge in [-0.1, -0.05) is 12.1 Å². The van der Waals surface area contributed by atoms with E-state index in [2.05, 4.69) is 39.4 Å². The molecule has 0 spiro atoms. The van der Waals surface area contributed by atoms with Crippen LogP contribution in [-0.2, 0) is 12.7 Å². The van der Waals surface area contributed by atoms with Crippen molar-refractivity contribution in [2.45, 2.75) is 57.0 Å². The first kappa shape index (κ1) is 25.2. The zero-order chi connectivity index (χ0) is 21.0. The molecule has 2 fully saturated rings. The van der Waals surface area contributed by atoms with Crippen LogP contribution < -0.4 is 10.6 Å². The summed E-state index contributed by atoms with van der Waals surface area (Å²) in [7, 11) is 3.95. The van der Waals surface area contributed by atoms with Crippen LogP contribution in [-0.4, -0.2) is 67.6 Å². The third-order valence-electron chi connectivity index (χ3n) is 5.91. The highest BCUT2D eigenvalue weighted by Crippen LogP contribution is 2.29. The van der Waals surface area contributed by atoms with Gasteiger partial charge in [-0.3, -0.25) is 14.8 Å². The van der Waals surface area contributed by atoms with E-state index in [0.29, 0.717) is 12.6 Å². The molecule has 3 rings (SSSR count). The molecular formula is C21H33F3IN5. The number of rotatable bonds is 7. The lowest BCUT2D eigenvalue weighted by atomic mass is 10.1. The molecule has 30 heavy (non-hydrogen) atoms. The van der Waals surface area contributed by atoms with Crippen LogP contribution in [0.5, 0.6) is 0 Å². The van der Waals surface area contributed by atoms with Crippen LogP contribution in [0.1, 0.15) is 37.3 Å². The molecule has 170 valence electrons. The molecule has 1 saturated carbocycles. The van der Waals surface area contributed by atoms with Crippen molar-refractivity contribution in [1.82, 2.24) is 20.4 Å². The van der Waals surface area contributed by atoms with Crippen molar-refractivity contribution in [1.29, 1.82) is 0 Å². The lowest BCUT2D eigenvalue weighted by Gasteiger charge is -2.26. The molecule has 0 amide bonds. The van der Waals surface area contributed by atoms with E-state index in [9.17, 15) is 13.2 Å². The van der Waals surface area contributed by atoms with Gasteiger partial charge in [0.05, 0.1) is 5.56 Å². The van der Waals surface area contributed by atoms with E-state index in [1.54, 1.807) is 19.2 Å². The Balaban J connectivity index is 0.00000320. The zero-order valence-electron chi connectivity index (χ0n) is 17.9. The molecule has 2 N–H and O–H groups in total. The number of alkyl halides is 3. The molecule has 1 aromatic rings. The first-order chi connectivity index (χ1) is 13.8. The van der Waals surface area contributed by atoms with Crippen LogP contribution in [0.25, 0.3) is 0 Å². The minimum absolute atomic E-state index is 0. The van der Waals surface area contributed by atoms with Crippen LogP contribution in [0.4, 0.5) is 13.2 Å². The smallest absolute Gasteiger partial charge is 0.355 e. The summed E-state index contributed by atoms with van der Waals surface area (Å²) in [6, 6.07) is 6.92. The first-order valence-corrected chi connectivity index (χ1v) is 10.3. The van der Waals surface area contributed by atoms with Gasteiger partial charge in [-0.2, -0.15) is 13.2 Å². The Morgan fingerprint density at radius 2 is 1.90 bits per heavy atom. The van der Waals surface area contributed by atoms with Crippen LogP contribution in [0.2, 0.25) is 0 Å². The summed E-state index contributed by atoms with van der Waals surface area (Å²) >= 11 is 0. The fraction of sp³-hybridized carbons (Fsp3) is 0.667. The highest BCUT2D eigenvalue weighted by molar-refractivity contribution is 14.0. The summed E-state index contributed by atoms with van der Waals surface area (Å²) in [5.74, 6) is 0.808. The van der Waals surface area contributed by atoms with Crippen LogP contribution in [0, 0.1) is 0 Å². The van der Waals surface area contributed by atoms with Gasteiger partial charge in [-0.25, -0.2) is 0 Å². The SMILES string of the molecule is CN=C(NCC(C)N(C)C1CC1)NC1CCN(Cc2ccc(C(F)(F)F)cc2)C1.I. The van der Waals surface area contributed by atoms with Gasteiger partial charge < -0.3 is 10.6 Å². The molecule has 1 saturated heterocycles. The largest absolute Gasteiger partial charge is 0.416 e. The number of nitrogens with zero attached hydrogens (tertiary/aromatic N) is 3. The zero-order valence-corrected chi connectivity index (χ0v) is 20.2. The summed E-state index contributed by atoms with van der Waals surface area (Å²) in [5.41, 5.74) is 0.303. The number of aliphatic imine (C=N–C) groups is 1. The number of benzene rings is 1. The van der Waals surface area contributed by atoms with Crippen molar-refractivity contribution in [2.75, 3.05) is 33.7 Å². The predicted octanol–water partition coefficient (Wildman–Crippen LogP) is 3.55. The lowest BCUT2D eigenvalue weighted by Crippen LogP contribution is -2.48. The molecule has 1 aromatic carbocycles. The van der Waals surface area contributed by atoms with Gasteiger partial charge in [-0.05, 0) is 50.9 Å². The van der Waals surface area contributed by atoms with E-state index >= 15 is 0 Å². The molecule has 0 bridgehead atoms. The summed E-state index contributed by atoms with van der Waals surface area (Å²) in [5, 5.41) is 6.90. The minimum Gasteiger partial charge on any atom is -0.355 e. The van der Waals surface area contributed by atoms with E-state index in [4.69, 9.17) is 0 Å². The van der Waals surface area contributed by atoms with Crippen molar-refractivity contribution >= 4 is 29.9 Å². The number of likely N-dealkylation sites (N-methyl/N-ethyl adjacent to an activating group) is 1. The average molecular weight is 539 g/mol. The number of likely N-dealkylation sites (tertiary alicyclic amines) is 1. The van der Waals surface area contributed by atoms with Crippen LogP contribution in [0.3, 0.4) is 0 Å². The standard InChI is InChI=1S/C21H32F3N5.HI/c1-15(28(3)19-8-9-19)12-26-20(25-2)27-18-10-11-29(14-18)13-16-4-6-17(7-5-16)21(22,23)24;/h4-7,15,18-19H,8-14H2,1-3H3,(H2,25,26,27);1H. The maximum absolute atomic E-state index is 12.7. The highest BCUT2D eigenvalue weighted by Gasteiger charge is 2.31. The highest BCUT2D eigenvalue weighted by atomic mass is 127. The summed E-state index contributed by atoms with van der Waals surface area (Å²) < 4.78 is 38.1. The summed E-state index contributed by atoms with van der Waals surface area (Å²) in [6.07, 6.45) is -0.705. The quantitative estimate of drug-likeness (QED) is 0.316. The van der Waals surface area contributed by atoms with Crippen molar-refractivity contribution in [3.05, 3.63) is 35.4 Å². The first-order valence-electron chi connectivity index (χ1n) is 10.3. The molecule has 2 unspecified atom stereocenters. The van der Waals surface area contributed by atoms with Gasteiger partial charge in [0.2, 0.25) is 0 Å². The fourth-order valence-corrected chi connectivity index (χ4v) is 3.77. The Labute approximate surface area is 194 Å². The van der Waals surface area contributed by atoms with E-state index in [1.165, 1.54) is 12.8 Å². The van der Waals surface area contributed by atoms with E-state index in [0.717, 1.165) is 55.8 Å². The summed E-state index contributed by atoms with van der Waals surface area (Å²) in [6.45, 7) is 5.48. The van der Waals surface area contributed by atoms with E-state index < -0.39 is 11.7 Å². The second-order valence-electron chi connectivity index (χ2n) is 8.26. The predicted molar refractivity (Wildman–Crippen MR) is 125 cm³/mol. The molecule has 1 aliphatic carbocycles. The third kappa shape index (κ3) is 7.26. The van der Waals surface area contributed by atoms with Crippen LogP contribution in [0.15, 0.2) is 29.3 Å². The number of guanidine groups is 1. The molecule has 2 aliphatic rings. The maximum Gasteiger partial charge on any atom is 0.416 e. The Kier molecular flexibility index (Phi) is 9.23. The van der Waals surface area contributed by atoms with E-state index in [1.807, 2.05) is 0 Å². The monoisotopic (exact) mass is 539 g/mol. The molecule has 2 atom stereocenters. The van der Waals surface area contributed by atoms with Gasteiger partial charge in [0.15, 0.2) is 5.96 Å².